The van der Waals surface area contributed by atoms with Crippen LogP contribution >= 0.6 is 0 Å². The Morgan fingerprint density at radius 3 is 2.08 bits per heavy atom. The van der Waals surface area contributed by atoms with Gasteiger partial charge in [0, 0.05) is 45.7 Å². The minimum atomic E-state index is -0.490. The van der Waals surface area contributed by atoms with Crippen LogP contribution in [-0.4, -0.2) is 84.1 Å². The number of carbonyl (C=O) groups is 2. The minimum Gasteiger partial charge on any atom is -0.444 e. The van der Waals surface area contributed by atoms with Crippen LogP contribution in [0.5, 0.6) is 0 Å². The van der Waals surface area contributed by atoms with Crippen molar-refractivity contribution in [3.05, 3.63) is 0 Å². The van der Waals surface area contributed by atoms with Crippen molar-refractivity contribution in [1.29, 1.82) is 0 Å². The van der Waals surface area contributed by atoms with Crippen LogP contribution in [0.4, 0.5) is 4.79 Å². The molecule has 0 aliphatic carbocycles. The smallest absolute Gasteiger partial charge is 0.410 e. The molecule has 0 aromatic carbocycles. The third kappa shape index (κ3) is 6.10. The first-order valence-corrected chi connectivity index (χ1v) is 9.07. The van der Waals surface area contributed by atoms with Crippen LogP contribution in [0.3, 0.4) is 0 Å². The summed E-state index contributed by atoms with van der Waals surface area (Å²) in [5.41, 5.74) is 5.54. The lowest BCUT2D eigenvalue weighted by Gasteiger charge is -2.36. The van der Waals surface area contributed by atoms with Gasteiger partial charge in [-0.25, -0.2) is 4.79 Å². The fourth-order valence-electron chi connectivity index (χ4n) is 2.94. The zero-order chi connectivity index (χ0) is 18.4. The van der Waals surface area contributed by atoms with Gasteiger partial charge in [-0.3, -0.25) is 9.79 Å². The molecule has 142 valence electrons. The van der Waals surface area contributed by atoms with E-state index in [0.29, 0.717) is 45.1 Å². The molecule has 0 aromatic heterocycles. The van der Waals surface area contributed by atoms with E-state index < -0.39 is 5.60 Å². The second-order valence-electron chi connectivity index (χ2n) is 7.53. The van der Waals surface area contributed by atoms with Crippen molar-refractivity contribution in [2.45, 2.75) is 45.6 Å². The van der Waals surface area contributed by atoms with Gasteiger partial charge in [0.1, 0.15) is 5.60 Å². The first kappa shape index (κ1) is 19.3. The summed E-state index contributed by atoms with van der Waals surface area (Å²) < 4.78 is 5.38. The molecule has 0 unspecified atom stereocenters. The SMILES string of the molecule is CC(C)(C)OC(=O)N1CCN(C(N)=NCCC(=O)N2CCCC2)CC1. The van der Waals surface area contributed by atoms with E-state index in [0.717, 1.165) is 25.9 Å². The first-order chi connectivity index (χ1) is 11.8. The monoisotopic (exact) mass is 353 g/mol. The zero-order valence-electron chi connectivity index (χ0n) is 15.7. The highest BCUT2D eigenvalue weighted by Crippen LogP contribution is 2.12. The quantitative estimate of drug-likeness (QED) is 0.600. The molecule has 2 aliphatic rings. The summed E-state index contributed by atoms with van der Waals surface area (Å²) in [6, 6.07) is 0. The number of guanidine groups is 1. The molecular weight excluding hydrogens is 322 g/mol. The van der Waals surface area contributed by atoms with Crippen LogP contribution in [0, 0.1) is 0 Å². The zero-order valence-corrected chi connectivity index (χ0v) is 15.7. The average molecular weight is 353 g/mol. The number of rotatable bonds is 3. The topological polar surface area (TPSA) is 91.5 Å². The number of hydrogen-bond donors (Lipinski definition) is 1. The molecule has 8 heteroatoms. The highest BCUT2D eigenvalue weighted by Gasteiger charge is 2.26. The molecule has 2 N–H and O–H groups in total. The average Bonchev–Trinajstić information content (AvgIpc) is 3.07. The Balaban J connectivity index is 1.72. The molecule has 2 saturated heterocycles. The summed E-state index contributed by atoms with van der Waals surface area (Å²) in [4.78, 5) is 33.9. The molecule has 0 aromatic rings. The standard InChI is InChI=1S/C17H31N5O3/c1-17(2,3)25-16(24)22-12-10-21(11-13-22)15(18)19-7-6-14(23)20-8-4-5-9-20/h4-13H2,1-3H3,(H2,18,19). The van der Waals surface area contributed by atoms with E-state index in [-0.39, 0.29) is 12.0 Å². The van der Waals surface area contributed by atoms with E-state index in [2.05, 4.69) is 4.99 Å². The van der Waals surface area contributed by atoms with Crippen molar-refractivity contribution in [2.24, 2.45) is 10.7 Å². The number of likely N-dealkylation sites (tertiary alicyclic amines) is 1. The third-order valence-electron chi connectivity index (χ3n) is 4.31. The van der Waals surface area contributed by atoms with E-state index in [1.807, 2.05) is 30.6 Å². The van der Waals surface area contributed by atoms with Crippen LogP contribution in [-0.2, 0) is 9.53 Å². The van der Waals surface area contributed by atoms with Crippen LogP contribution in [0.1, 0.15) is 40.0 Å². The fraction of sp³-hybridized carbons (Fsp3) is 0.824. The number of nitrogens with two attached hydrogens (primary N) is 1. The Hall–Kier alpha value is -1.99. The van der Waals surface area contributed by atoms with Gasteiger partial charge in [-0.2, -0.15) is 0 Å². The molecule has 8 nitrogen and oxygen atoms in total. The summed E-state index contributed by atoms with van der Waals surface area (Å²) in [7, 11) is 0. The molecule has 0 radical (unpaired) electrons. The summed E-state index contributed by atoms with van der Waals surface area (Å²) >= 11 is 0. The van der Waals surface area contributed by atoms with Crippen molar-refractivity contribution in [3.63, 3.8) is 0 Å². The summed E-state index contributed by atoms with van der Waals surface area (Å²) in [5.74, 6) is 0.599. The van der Waals surface area contributed by atoms with Crippen LogP contribution in [0.2, 0.25) is 0 Å². The molecule has 2 heterocycles. The maximum Gasteiger partial charge on any atom is 0.410 e. The molecule has 2 aliphatic heterocycles. The number of ether oxygens (including phenoxy) is 1. The normalized spacial score (nSPS) is 19.3. The number of piperazine rings is 1. The Kier molecular flexibility index (Phi) is 6.50. The summed E-state index contributed by atoms with van der Waals surface area (Å²) in [5, 5.41) is 0. The predicted octanol–water partition coefficient (Wildman–Crippen LogP) is 0.866. The van der Waals surface area contributed by atoms with Gasteiger partial charge >= 0.3 is 6.09 Å². The van der Waals surface area contributed by atoms with E-state index in [1.54, 1.807) is 4.90 Å². The number of aliphatic imine (C=N–C) groups is 1. The Morgan fingerprint density at radius 1 is 0.960 bits per heavy atom. The first-order valence-electron chi connectivity index (χ1n) is 9.07. The lowest BCUT2D eigenvalue weighted by Crippen LogP contribution is -2.53. The Morgan fingerprint density at radius 2 is 1.52 bits per heavy atom. The molecule has 2 fully saturated rings. The number of carbonyl (C=O) groups excluding carboxylic acids is 2. The van der Waals surface area contributed by atoms with E-state index in [9.17, 15) is 9.59 Å². The Bertz CT molecular complexity index is 501. The lowest BCUT2D eigenvalue weighted by molar-refractivity contribution is -0.129. The molecule has 0 atom stereocenters. The molecule has 0 bridgehead atoms. The maximum absolute atomic E-state index is 12.0. The number of hydrogen-bond acceptors (Lipinski definition) is 4. The van der Waals surface area contributed by atoms with E-state index >= 15 is 0 Å². The van der Waals surface area contributed by atoms with Gasteiger partial charge in [-0.15, -0.1) is 0 Å². The second-order valence-corrected chi connectivity index (χ2v) is 7.53. The van der Waals surface area contributed by atoms with E-state index in [1.165, 1.54) is 0 Å². The highest BCUT2D eigenvalue weighted by molar-refractivity contribution is 5.80. The van der Waals surface area contributed by atoms with Crippen LogP contribution in [0.15, 0.2) is 4.99 Å². The number of amides is 2. The molecule has 0 spiro atoms. The maximum atomic E-state index is 12.0. The van der Waals surface area contributed by atoms with Gasteiger partial charge in [-0.1, -0.05) is 0 Å². The third-order valence-corrected chi connectivity index (χ3v) is 4.31. The number of nitrogens with zero attached hydrogens (tertiary/aromatic N) is 4. The molecular formula is C17H31N5O3. The second kappa shape index (κ2) is 8.40. The predicted molar refractivity (Wildman–Crippen MR) is 96.3 cm³/mol. The largest absolute Gasteiger partial charge is 0.444 e. The van der Waals surface area contributed by atoms with Crippen LogP contribution in [0.25, 0.3) is 0 Å². The van der Waals surface area contributed by atoms with Gasteiger partial charge in [-0.05, 0) is 33.6 Å². The van der Waals surface area contributed by atoms with Gasteiger partial charge < -0.3 is 25.2 Å². The minimum absolute atomic E-state index is 0.156. The molecule has 25 heavy (non-hydrogen) atoms. The van der Waals surface area contributed by atoms with Crippen molar-refractivity contribution in [2.75, 3.05) is 45.8 Å². The molecule has 2 amide bonds. The van der Waals surface area contributed by atoms with Gasteiger partial charge in [0.05, 0.1) is 6.54 Å². The summed E-state index contributed by atoms with van der Waals surface area (Å²) in [6.07, 6.45) is 2.30. The molecule has 0 saturated carbocycles. The lowest BCUT2D eigenvalue weighted by atomic mass is 10.2. The van der Waals surface area contributed by atoms with Crippen molar-refractivity contribution >= 4 is 18.0 Å². The van der Waals surface area contributed by atoms with Gasteiger partial charge in [0.15, 0.2) is 5.96 Å². The highest BCUT2D eigenvalue weighted by atomic mass is 16.6. The van der Waals surface area contributed by atoms with Crippen molar-refractivity contribution in [1.82, 2.24) is 14.7 Å². The fourth-order valence-corrected chi connectivity index (χ4v) is 2.94. The van der Waals surface area contributed by atoms with E-state index in [4.69, 9.17) is 10.5 Å². The van der Waals surface area contributed by atoms with Gasteiger partial charge in [0.2, 0.25) is 5.91 Å². The van der Waals surface area contributed by atoms with Gasteiger partial charge in [0.25, 0.3) is 0 Å². The van der Waals surface area contributed by atoms with Crippen LogP contribution < -0.4 is 5.73 Å². The van der Waals surface area contributed by atoms with Crippen molar-refractivity contribution < 1.29 is 14.3 Å². The Labute approximate surface area is 150 Å². The summed E-state index contributed by atoms with van der Waals surface area (Å²) in [6.45, 7) is 10.1. The van der Waals surface area contributed by atoms with Crippen molar-refractivity contribution in [3.8, 4) is 0 Å². The molecule has 2 rings (SSSR count).